The van der Waals surface area contributed by atoms with Crippen molar-refractivity contribution in [2.24, 2.45) is 11.7 Å². The molecule has 2 unspecified atom stereocenters. The van der Waals surface area contributed by atoms with Gasteiger partial charge in [0.25, 0.3) is 0 Å². The Morgan fingerprint density at radius 2 is 2.06 bits per heavy atom. The smallest absolute Gasteiger partial charge is 0.119 e. The number of rotatable bonds is 7. The highest BCUT2D eigenvalue weighted by Crippen LogP contribution is 2.39. The Hall–Kier alpha value is -1.06. The van der Waals surface area contributed by atoms with Gasteiger partial charge in [0, 0.05) is 6.61 Å². The maximum atomic E-state index is 6.35. The van der Waals surface area contributed by atoms with Crippen LogP contribution in [-0.4, -0.2) is 19.3 Å². The first-order valence-corrected chi connectivity index (χ1v) is 6.86. The van der Waals surface area contributed by atoms with E-state index in [1.54, 1.807) is 0 Å². The Labute approximate surface area is 109 Å². The highest BCUT2D eigenvalue weighted by molar-refractivity contribution is 5.31. The molecule has 2 N–H and O–H groups in total. The van der Waals surface area contributed by atoms with Crippen LogP contribution in [-0.2, 0) is 4.74 Å². The molecule has 0 aliphatic heterocycles. The summed E-state index contributed by atoms with van der Waals surface area (Å²) in [4.78, 5) is 0. The third-order valence-corrected chi connectivity index (χ3v) is 3.35. The zero-order valence-electron chi connectivity index (χ0n) is 11.3. The van der Waals surface area contributed by atoms with Crippen LogP contribution in [0.25, 0.3) is 0 Å². The molecular formula is C15H23NO2. The summed E-state index contributed by atoms with van der Waals surface area (Å²) in [6.45, 7) is 5.41. The lowest BCUT2D eigenvalue weighted by atomic mass is 9.98. The van der Waals surface area contributed by atoms with Crippen molar-refractivity contribution in [1.82, 2.24) is 0 Å². The third kappa shape index (κ3) is 3.24. The monoisotopic (exact) mass is 249 g/mol. The second kappa shape index (κ2) is 6.21. The van der Waals surface area contributed by atoms with Crippen molar-refractivity contribution in [3.63, 3.8) is 0 Å². The van der Waals surface area contributed by atoms with Crippen molar-refractivity contribution in [3.05, 3.63) is 29.8 Å². The van der Waals surface area contributed by atoms with Gasteiger partial charge in [0.15, 0.2) is 0 Å². The molecule has 100 valence electrons. The van der Waals surface area contributed by atoms with Gasteiger partial charge in [-0.25, -0.2) is 0 Å². The molecule has 3 nitrogen and oxygen atoms in total. The SMILES string of the molecule is CCOc1cccc(C(N)C(OCC)C2CC2)c1. The van der Waals surface area contributed by atoms with Gasteiger partial charge in [-0.05, 0) is 50.3 Å². The maximum absolute atomic E-state index is 6.35. The number of hydrogen-bond acceptors (Lipinski definition) is 3. The Bertz CT molecular complexity index is 377. The molecule has 0 radical (unpaired) electrons. The first kappa shape index (κ1) is 13.4. The quantitative estimate of drug-likeness (QED) is 0.808. The van der Waals surface area contributed by atoms with E-state index in [9.17, 15) is 0 Å². The summed E-state index contributed by atoms with van der Waals surface area (Å²) < 4.78 is 11.3. The fourth-order valence-electron chi connectivity index (χ4n) is 2.32. The number of benzene rings is 1. The molecule has 0 saturated heterocycles. The molecule has 1 aromatic carbocycles. The van der Waals surface area contributed by atoms with Crippen LogP contribution in [0.3, 0.4) is 0 Å². The van der Waals surface area contributed by atoms with Gasteiger partial charge in [-0.1, -0.05) is 12.1 Å². The molecule has 3 heteroatoms. The summed E-state index contributed by atoms with van der Waals surface area (Å²) in [6, 6.07) is 7.99. The molecule has 1 saturated carbocycles. The van der Waals surface area contributed by atoms with E-state index >= 15 is 0 Å². The Morgan fingerprint density at radius 1 is 1.28 bits per heavy atom. The van der Waals surface area contributed by atoms with E-state index in [4.69, 9.17) is 15.2 Å². The summed E-state index contributed by atoms with van der Waals surface area (Å²) >= 11 is 0. The van der Waals surface area contributed by atoms with E-state index in [1.807, 2.05) is 32.0 Å². The molecule has 1 fully saturated rings. The van der Waals surface area contributed by atoms with Crippen molar-refractivity contribution in [3.8, 4) is 5.75 Å². The van der Waals surface area contributed by atoms with Crippen LogP contribution in [0.2, 0.25) is 0 Å². The third-order valence-electron chi connectivity index (χ3n) is 3.35. The van der Waals surface area contributed by atoms with Crippen LogP contribution in [0.4, 0.5) is 0 Å². The molecule has 1 aliphatic rings. The fraction of sp³-hybridized carbons (Fsp3) is 0.600. The van der Waals surface area contributed by atoms with Crippen molar-refractivity contribution in [2.75, 3.05) is 13.2 Å². The van der Waals surface area contributed by atoms with Crippen LogP contribution in [0.15, 0.2) is 24.3 Å². The zero-order valence-corrected chi connectivity index (χ0v) is 11.3. The van der Waals surface area contributed by atoms with Crippen molar-refractivity contribution in [2.45, 2.75) is 38.8 Å². The highest BCUT2D eigenvalue weighted by Gasteiger charge is 2.36. The average Bonchev–Trinajstić information content (AvgIpc) is 3.20. The van der Waals surface area contributed by atoms with Crippen molar-refractivity contribution < 1.29 is 9.47 Å². The maximum Gasteiger partial charge on any atom is 0.119 e. The van der Waals surface area contributed by atoms with Gasteiger partial charge >= 0.3 is 0 Å². The van der Waals surface area contributed by atoms with Crippen molar-refractivity contribution in [1.29, 1.82) is 0 Å². The molecule has 0 amide bonds. The molecule has 2 atom stereocenters. The van der Waals surface area contributed by atoms with Gasteiger partial charge < -0.3 is 15.2 Å². The van der Waals surface area contributed by atoms with Crippen LogP contribution >= 0.6 is 0 Å². The van der Waals surface area contributed by atoms with Gasteiger partial charge in [-0.3, -0.25) is 0 Å². The van der Waals surface area contributed by atoms with E-state index in [0.717, 1.165) is 17.9 Å². The molecule has 0 bridgehead atoms. The number of ether oxygens (including phenoxy) is 2. The molecule has 18 heavy (non-hydrogen) atoms. The van der Waals surface area contributed by atoms with Gasteiger partial charge in [-0.2, -0.15) is 0 Å². The van der Waals surface area contributed by atoms with Gasteiger partial charge in [-0.15, -0.1) is 0 Å². The lowest BCUT2D eigenvalue weighted by Gasteiger charge is -2.24. The Morgan fingerprint density at radius 3 is 2.67 bits per heavy atom. The number of hydrogen-bond donors (Lipinski definition) is 1. The topological polar surface area (TPSA) is 44.5 Å². The summed E-state index contributed by atoms with van der Waals surface area (Å²) in [5, 5.41) is 0. The molecule has 0 heterocycles. The highest BCUT2D eigenvalue weighted by atomic mass is 16.5. The Kier molecular flexibility index (Phi) is 4.61. The predicted octanol–water partition coefficient (Wildman–Crippen LogP) is 2.90. The molecule has 2 rings (SSSR count). The van der Waals surface area contributed by atoms with Crippen LogP contribution in [0.5, 0.6) is 5.75 Å². The second-order valence-electron chi connectivity index (χ2n) is 4.79. The van der Waals surface area contributed by atoms with Crippen LogP contribution < -0.4 is 10.5 Å². The standard InChI is InChI=1S/C15H23NO2/c1-3-17-13-7-5-6-12(10-13)14(16)15(18-4-2)11-8-9-11/h5-7,10-11,14-15H,3-4,8-9,16H2,1-2H3. The van der Waals surface area contributed by atoms with Crippen LogP contribution in [0, 0.1) is 5.92 Å². The fourth-order valence-corrected chi connectivity index (χ4v) is 2.32. The molecule has 1 aromatic rings. The van der Waals surface area contributed by atoms with Gasteiger partial charge in [0.2, 0.25) is 0 Å². The number of nitrogens with two attached hydrogens (primary N) is 1. The molecule has 0 aromatic heterocycles. The van der Waals surface area contributed by atoms with Crippen LogP contribution in [0.1, 0.15) is 38.3 Å². The predicted molar refractivity (Wildman–Crippen MR) is 72.7 cm³/mol. The summed E-state index contributed by atoms with van der Waals surface area (Å²) in [5.41, 5.74) is 7.45. The second-order valence-corrected chi connectivity index (χ2v) is 4.79. The minimum absolute atomic E-state index is 0.0575. The first-order valence-electron chi connectivity index (χ1n) is 6.86. The average molecular weight is 249 g/mol. The normalized spacial score (nSPS) is 18.4. The summed E-state index contributed by atoms with van der Waals surface area (Å²) in [6.07, 6.45) is 2.62. The molecule has 1 aliphatic carbocycles. The van der Waals surface area contributed by atoms with Gasteiger partial charge in [0.1, 0.15) is 5.75 Å². The Balaban J connectivity index is 2.10. The van der Waals surface area contributed by atoms with E-state index in [2.05, 4.69) is 6.07 Å². The lowest BCUT2D eigenvalue weighted by molar-refractivity contribution is 0.0282. The summed E-state index contributed by atoms with van der Waals surface area (Å²) in [7, 11) is 0. The first-order chi connectivity index (χ1) is 8.76. The van der Waals surface area contributed by atoms with Gasteiger partial charge in [0.05, 0.1) is 18.8 Å². The molecular weight excluding hydrogens is 226 g/mol. The van der Waals surface area contributed by atoms with E-state index in [-0.39, 0.29) is 12.1 Å². The van der Waals surface area contributed by atoms with E-state index < -0.39 is 0 Å². The summed E-state index contributed by atoms with van der Waals surface area (Å²) in [5.74, 6) is 1.52. The lowest BCUT2D eigenvalue weighted by Crippen LogP contribution is -2.30. The van der Waals surface area contributed by atoms with E-state index in [0.29, 0.717) is 12.5 Å². The van der Waals surface area contributed by atoms with Crippen molar-refractivity contribution >= 4 is 0 Å². The minimum atomic E-state index is -0.0575. The zero-order chi connectivity index (χ0) is 13.0. The minimum Gasteiger partial charge on any atom is -0.494 e. The van der Waals surface area contributed by atoms with E-state index in [1.165, 1.54) is 12.8 Å². The largest absolute Gasteiger partial charge is 0.494 e. The molecule has 0 spiro atoms.